The fourth-order valence-electron chi connectivity index (χ4n) is 1.69. The SMILES string of the molecule is Cc1cnc(C(NC(=O)NCCO)C2CC2)s1. The minimum Gasteiger partial charge on any atom is -0.395 e. The molecule has 1 atom stereocenters. The van der Waals surface area contributed by atoms with Crippen molar-refractivity contribution in [3.05, 3.63) is 16.1 Å². The molecule has 1 aromatic heterocycles. The lowest BCUT2D eigenvalue weighted by molar-refractivity contribution is 0.229. The highest BCUT2D eigenvalue weighted by Gasteiger charge is 2.35. The van der Waals surface area contributed by atoms with Crippen molar-refractivity contribution < 1.29 is 9.90 Å². The molecule has 0 bridgehead atoms. The molecule has 2 amide bonds. The molecular weight excluding hydrogens is 238 g/mol. The van der Waals surface area contributed by atoms with Crippen molar-refractivity contribution >= 4 is 17.4 Å². The van der Waals surface area contributed by atoms with Crippen LogP contribution in [0, 0.1) is 12.8 Å². The van der Waals surface area contributed by atoms with Crippen LogP contribution in [-0.2, 0) is 0 Å². The number of aliphatic hydroxyl groups excluding tert-OH is 1. The van der Waals surface area contributed by atoms with Gasteiger partial charge in [0.15, 0.2) is 0 Å². The van der Waals surface area contributed by atoms with Crippen LogP contribution >= 0.6 is 11.3 Å². The van der Waals surface area contributed by atoms with E-state index < -0.39 is 0 Å². The van der Waals surface area contributed by atoms with Crippen LogP contribution in [0.1, 0.15) is 28.8 Å². The van der Waals surface area contributed by atoms with Crippen molar-refractivity contribution in [1.29, 1.82) is 0 Å². The Labute approximate surface area is 104 Å². The second kappa shape index (κ2) is 5.46. The van der Waals surface area contributed by atoms with Crippen LogP contribution in [0.2, 0.25) is 0 Å². The quantitative estimate of drug-likeness (QED) is 0.740. The summed E-state index contributed by atoms with van der Waals surface area (Å²) < 4.78 is 0. The first-order valence-corrected chi connectivity index (χ1v) is 6.60. The van der Waals surface area contributed by atoms with E-state index in [9.17, 15) is 4.79 Å². The van der Waals surface area contributed by atoms with Gasteiger partial charge in [-0.3, -0.25) is 0 Å². The summed E-state index contributed by atoms with van der Waals surface area (Å²) in [5.41, 5.74) is 0. The Morgan fingerprint density at radius 1 is 1.71 bits per heavy atom. The van der Waals surface area contributed by atoms with Crippen LogP contribution < -0.4 is 10.6 Å². The van der Waals surface area contributed by atoms with Crippen LogP contribution in [0.4, 0.5) is 4.79 Å². The van der Waals surface area contributed by atoms with Crippen molar-refractivity contribution in [2.75, 3.05) is 13.2 Å². The summed E-state index contributed by atoms with van der Waals surface area (Å²) in [5, 5.41) is 15.1. The van der Waals surface area contributed by atoms with E-state index in [1.807, 2.05) is 13.1 Å². The Balaban J connectivity index is 1.96. The third kappa shape index (κ3) is 3.41. The summed E-state index contributed by atoms with van der Waals surface area (Å²) >= 11 is 1.63. The molecule has 94 valence electrons. The van der Waals surface area contributed by atoms with Gasteiger partial charge in [0.25, 0.3) is 0 Å². The monoisotopic (exact) mass is 255 g/mol. The van der Waals surface area contributed by atoms with Gasteiger partial charge >= 0.3 is 6.03 Å². The van der Waals surface area contributed by atoms with Crippen LogP contribution in [-0.4, -0.2) is 29.3 Å². The summed E-state index contributed by atoms with van der Waals surface area (Å²) in [6, 6.07) is -0.212. The summed E-state index contributed by atoms with van der Waals surface area (Å²) in [4.78, 5) is 17.1. The summed E-state index contributed by atoms with van der Waals surface area (Å²) in [5.74, 6) is 0.514. The van der Waals surface area contributed by atoms with Gasteiger partial charge in [0.1, 0.15) is 5.01 Å². The molecule has 0 radical (unpaired) electrons. The molecule has 6 heteroatoms. The zero-order valence-electron chi connectivity index (χ0n) is 9.77. The van der Waals surface area contributed by atoms with Gasteiger partial charge in [0, 0.05) is 17.6 Å². The van der Waals surface area contributed by atoms with Gasteiger partial charge in [-0.15, -0.1) is 11.3 Å². The first-order valence-electron chi connectivity index (χ1n) is 5.78. The average Bonchev–Trinajstić information content (AvgIpc) is 3.06. The number of carbonyl (C=O) groups excluding carboxylic acids is 1. The second-order valence-corrected chi connectivity index (χ2v) is 5.51. The number of carbonyl (C=O) groups is 1. The molecular formula is C11H17N3O2S. The molecule has 5 nitrogen and oxygen atoms in total. The van der Waals surface area contributed by atoms with Crippen LogP contribution in [0.15, 0.2) is 6.20 Å². The Morgan fingerprint density at radius 3 is 3.00 bits per heavy atom. The number of nitrogens with zero attached hydrogens (tertiary/aromatic N) is 1. The second-order valence-electron chi connectivity index (χ2n) is 4.25. The molecule has 1 fully saturated rings. The largest absolute Gasteiger partial charge is 0.395 e. The third-order valence-electron chi connectivity index (χ3n) is 2.68. The maximum Gasteiger partial charge on any atom is 0.315 e. The highest BCUT2D eigenvalue weighted by atomic mass is 32.1. The molecule has 1 unspecified atom stereocenters. The number of aromatic nitrogens is 1. The molecule has 0 saturated heterocycles. The van der Waals surface area contributed by atoms with Gasteiger partial charge in [-0.1, -0.05) is 0 Å². The van der Waals surface area contributed by atoms with Crippen LogP contribution in [0.5, 0.6) is 0 Å². The lowest BCUT2D eigenvalue weighted by Crippen LogP contribution is -2.39. The van der Waals surface area contributed by atoms with Crippen LogP contribution in [0.3, 0.4) is 0 Å². The minimum atomic E-state index is -0.233. The van der Waals surface area contributed by atoms with E-state index >= 15 is 0 Å². The number of hydrogen-bond donors (Lipinski definition) is 3. The fraction of sp³-hybridized carbons (Fsp3) is 0.636. The Bertz CT molecular complexity index is 390. The topological polar surface area (TPSA) is 74.2 Å². The van der Waals surface area contributed by atoms with E-state index in [0.717, 1.165) is 22.7 Å². The summed E-state index contributed by atoms with van der Waals surface area (Å²) in [7, 11) is 0. The van der Waals surface area contributed by atoms with Crippen molar-refractivity contribution in [3.63, 3.8) is 0 Å². The molecule has 3 N–H and O–H groups in total. The highest BCUT2D eigenvalue weighted by molar-refractivity contribution is 7.11. The van der Waals surface area contributed by atoms with E-state index in [2.05, 4.69) is 15.6 Å². The third-order valence-corrected chi connectivity index (χ3v) is 3.68. The number of aliphatic hydroxyl groups is 1. The molecule has 1 saturated carbocycles. The first kappa shape index (κ1) is 12.3. The Hall–Kier alpha value is -1.14. The average molecular weight is 255 g/mol. The summed E-state index contributed by atoms with van der Waals surface area (Å²) in [6.07, 6.45) is 4.12. The molecule has 0 spiro atoms. The minimum absolute atomic E-state index is 0.0207. The highest BCUT2D eigenvalue weighted by Crippen LogP contribution is 2.41. The molecule has 0 aromatic carbocycles. The van der Waals surface area contributed by atoms with E-state index in [0.29, 0.717) is 5.92 Å². The fourth-order valence-corrected chi connectivity index (χ4v) is 2.61. The molecule has 1 aromatic rings. The first-order chi connectivity index (χ1) is 8.20. The van der Waals surface area contributed by atoms with Gasteiger partial charge in [-0.05, 0) is 25.7 Å². The lowest BCUT2D eigenvalue weighted by atomic mass is 10.2. The van der Waals surface area contributed by atoms with Gasteiger partial charge in [-0.25, -0.2) is 9.78 Å². The van der Waals surface area contributed by atoms with Gasteiger partial charge in [0.05, 0.1) is 12.6 Å². The van der Waals surface area contributed by atoms with Crippen molar-refractivity contribution in [2.24, 2.45) is 5.92 Å². The van der Waals surface area contributed by atoms with Gasteiger partial charge in [0.2, 0.25) is 0 Å². The number of thiazole rings is 1. The van der Waals surface area contributed by atoms with E-state index in [4.69, 9.17) is 5.11 Å². The predicted octanol–water partition coefficient (Wildman–Crippen LogP) is 1.19. The maximum atomic E-state index is 11.6. The van der Waals surface area contributed by atoms with E-state index in [-0.39, 0.29) is 25.2 Å². The standard InChI is InChI=1S/C11H17N3O2S/c1-7-6-13-10(17-7)9(8-2-3-8)14-11(16)12-4-5-15/h6,8-9,15H,2-5H2,1H3,(H2,12,14,16). The number of aryl methyl sites for hydroxylation is 1. The number of nitrogens with one attached hydrogen (secondary N) is 2. The molecule has 2 rings (SSSR count). The normalized spacial score (nSPS) is 16.6. The lowest BCUT2D eigenvalue weighted by Gasteiger charge is -2.16. The number of urea groups is 1. The predicted molar refractivity (Wildman–Crippen MR) is 65.9 cm³/mol. The molecule has 1 aliphatic rings. The molecule has 1 heterocycles. The van der Waals surface area contributed by atoms with E-state index in [1.165, 1.54) is 0 Å². The molecule has 0 aliphatic heterocycles. The van der Waals surface area contributed by atoms with Gasteiger partial charge in [-0.2, -0.15) is 0 Å². The Kier molecular flexibility index (Phi) is 3.96. The maximum absolute atomic E-state index is 11.6. The van der Waals surface area contributed by atoms with Crippen LogP contribution in [0.25, 0.3) is 0 Å². The molecule has 1 aliphatic carbocycles. The van der Waals surface area contributed by atoms with Crippen molar-refractivity contribution in [1.82, 2.24) is 15.6 Å². The van der Waals surface area contributed by atoms with Gasteiger partial charge < -0.3 is 15.7 Å². The van der Waals surface area contributed by atoms with E-state index in [1.54, 1.807) is 11.3 Å². The van der Waals surface area contributed by atoms with Crippen molar-refractivity contribution in [2.45, 2.75) is 25.8 Å². The number of amides is 2. The number of rotatable bonds is 5. The number of hydrogen-bond acceptors (Lipinski definition) is 4. The molecule has 17 heavy (non-hydrogen) atoms. The zero-order chi connectivity index (χ0) is 12.3. The zero-order valence-corrected chi connectivity index (χ0v) is 10.6. The summed E-state index contributed by atoms with van der Waals surface area (Å²) in [6.45, 7) is 2.24. The Morgan fingerprint density at radius 2 is 2.47 bits per heavy atom. The smallest absolute Gasteiger partial charge is 0.315 e. The van der Waals surface area contributed by atoms with Crippen molar-refractivity contribution in [3.8, 4) is 0 Å².